The van der Waals surface area contributed by atoms with Crippen molar-refractivity contribution in [3.8, 4) is 17.1 Å². The molecule has 0 aliphatic heterocycles. The Morgan fingerprint density at radius 3 is 2.69 bits per heavy atom. The quantitative estimate of drug-likeness (QED) is 0.618. The van der Waals surface area contributed by atoms with Crippen LogP contribution in [0.1, 0.15) is 24.9 Å². The molecule has 5 nitrogen and oxygen atoms in total. The van der Waals surface area contributed by atoms with Crippen molar-refractivity contribution in [2.24, 2.45) is 0 Å². The Labute approximate surface area is 156 Å². The van der Waals surface area contributed by atoms with Crippen LogP contribution in [-0.2, 0) is 4.74 Å². The van der Waals surface area contributed by atoms with E-state index in [0.29, 0.717) is 45.5 Å². The Balaban J connectivity index is 2.27. The van der Waals surface area contributed by atoms with Crippen LogP contribution in [0.4, 0.5) is 4.39 Å². The summed E-state index contributed by atoms with van der Waals surface area (Å²) < 4.78 is 26.9. The number of methoxy groups -OCH3 is 2. The number of halogens is 2. The molecule has 1 aromatic carbocycles. The standard InChI is InChI=1S/C19H21ClFN3O2/c1-5-12(10-25-3)24-18-17(23-19(24)26-4)13(6-7-22-18)14-9-16(21)11(2)8-15(14)20/h6-9,12H,5,10H2,1-4H3. The van der Waals surface area contributed by atoms with E-state index in [-0.39, 0.29) is 11.9 Å². The van der Waals surface area contributed by atoms with Crippen LogP contribution in [0.15, 0.2) is 24.4 Å². The molecule has 0 fully saturated rings. The van der Waals surface area contributed by atoms with Crippen LogP contribution < -0.4 is 4.74 Å². The molecule has 0 radical (unpaired) electrons. The molecule has 2 aromatic heterocycles. The minimum atomic E-state index is -0.313. The monoisotopic (exact) mass is 377 g/mol. The average molecular weight is 378 g/mol. The van der Waals surface area contributed by atoms with Crippen molar-refractivity contribution in [1.29, 1.82) is 0 Å². The van der Waals surface area contributed by atoms with E-state index in [4.69, 9.17) is 21.1 Å². The Bertz CT molecular complexity index is 942. The Morgan fingerprint density at radius 2 is 2.04 bits per heavy atom. The Kier molecular flexibility index (Phi) is 5.44. The van der Waals surface area contributed by atoms with Crippen molar-refractivity contribution in [2.45, 2.75) is 26.3 Å². The van der Waals surface area contributed by atoms with Gasteiger partial charge >= 0.3 is 0 Å². The zero-order chi connectivity index (χ0) is 18.8. The lowest BCUT2D eigenvalue weighted by atomic mass is 10.0. The molecule has 1 atom stereocenters. The van der Waals surface area contributed by atoms with Gasteiger partial charge in [-0.1, -0.05) is 18.5 Å². The first kappa shape index (κ1) is 18.6. The zero-order valence-corrected chi connectivity index (χ0v) is 16.0. The van der Waals surface area contributed by atoms with Gasteiger partial charge in [-0.3, -0.25) is 4.57 Å². The normalized spacial score (nSPS) is 12.5. The molecule has 0 saturated carbocycles. The van der Waals surface area contributed by atoms with Gasteiger partial charge in [-0.2, -0.15) is 4.98 Å². The van der Waals surface area contributed by atoms with Gasteiger partial charge in [0.1, 0.15) is 11.3 Å². The van der Waals surface area contributed by atoms with Crippen LogP contribution in [-0.4, -0.2) is 35.4 Å². The van der Waals surface area contributed by atoms with Crippen LogP contribution in [0.5, 0.6) is 6.01 Å². The van der Waals surface area contributed by atoms with Crippen molar-refractivity contribution < 1.29 is 13.9 Å². The molecule has 26 heavy (non-hydrogen) atoms. The fourth-order valence-corrected chi connectivity index (χ4v) is 3.40. The molecule has 3 rings (SSSR count). The SMILES string of the molecule is CCC(COC)n1c(OC)nc2c(-c3cc(F)c(C)cc3Cl)ccnc21. The van der Waals surface area contributed by atoms with Gasteiger partial charge in [0.2, 0.25) is 0 Å². The van der Waals surface area contributed by atoms with Crippen LogP contribution in [0, 0.1) is 12.7 Å². The zero-order valence-electron chi connectivity index (χ0n) is 15.2. The van der Waals surface area contributed by atoms with Crippen molar-refractivity contribution in [1.82, 2.24) is 14.5 Å². The average Bonchev–Trinajstić information content (AvgIpc) is 3.01. The van der Waals surface area contributed by atoms with Crippen molar-refractivity contribution >= 4 is 22.8 Å². The van der Waals surface area contributed by atoms with Gasteiger partial charge < -0.3 is 9.47 Å². The van der Waals surface area contributed by atoms with E-state index in [9.17, 15) is 4.39 Å². The molecule has 2 heterocycles. The number of rotatable bonds is 6. The third-order valence-corrected chi connectivity index (χ3v) is 4.78. The predicted molar refractivity (Wildman–Crippen MR) is 100 cm³/mol. The molecule has 138 valence electrons. The second-order valence-electron chi connectivity index (χ2n) is 6.10. The predicted octanol–water partition coefficient (Wildman–Crippen LogP) is 4.81. The maximum absolute atomic E-state index is 14.1. The largest absolute Gasteiger partial charge is 0.468 e. The topological polar surface area (TPSA) is 49.2 Å². The van der Waals surface area contributed by atoms with E-state index in [1.165, 1.54) is 6.07 Å². The van der Waals surface area contributed by atoms with E-state index >= 15 is 0 Å². The Morgan fingerprint density at radius 1 is 1.27 bits per heavy atom. The van der Waals surface area contributed by atoms with E-state index < -0.39 is 0 Å². The summed E-state index contributed by atoms with van der Waals surface area (Å²) in [6.07, 6.45) is 2.49. The molecule has 1 unspecified atom stereocenters. The number of aromatic nitrogens is 3. The van der Waals surface area contributed by atoms with Gasteiger partial charge in [0.25, 0.3) is 6.01 Å². The van der Waals surface area contributed by atoms with Crippen LogP contribution in [0.3, 0.4) is 0 Å². The number of imidazole rings is 1. The van der Waals surface area contributed by atoms with Gasteiger partial charge in [-0.25, -0.2) is 9.37 Å². The highest BCUT2D eigenvalue weighted by Gasteiger charge is 2.22. The van der Waals surface area contributed by atoms with E-state index in [1.807, 2.05) is 4.57 Å². The molecule has 0 N–H and O–H groups in total. The van der Waals surface area contributed by atoms with Gasteiger partial charge in [0, 0.05) is 29.5 Å². The molecule has 0 bridgehead atoms. The molecule has 0 saturated heterocycles. The van der Waals surface area contributed by atoms with Gasteiger partial charge in [-0.15, -0.1) is 0 Å². The summed E-state index contributed by atoms with van der Waals surface area (Å²) in [6, 6.07) is 5.30. The third kappa shape index (κ3) is 3.15. The second kappa shape index (κ2) is 7.60. The third-order valence-electron chi connectivity index (χ3n) is 4.46. The first-order valence-electron chi connectivity index (χ1n) is 8.37. The minimum absolute atomic E-state index is 0.0212. The van der Waals surface area contributed by atoms with Crippen molar-refractivity contribution in [3.05, 3.63) is 40.8 Å². The van der Waals surface area contributed by atoms with Gasteiger partial charge in [0.05, 0.1) is 19.8 Å². The number of pyridine rings is 1. The fourth-order valence-electron chi connectivity index (χ4n) is 3.08. The summed E-state index contributed by atoms with van der Waals surface area (Å²) in [5, 5.41) is 0.467. The van der Waals surface area contributed by atoms with Crippen LogP contribution in [0.25, 0.3) is 22.3 Å². The summed E-state index contributed by atoms with van der Waals surface area (Å²) in [5.74, 6) is -0.313. The highest BCUT2D eigenvalue weighted by molar-refractivity contribution is 6.33. The number of benzene rings is 1. The maximum Gasteiger partial charge on any atom is 0.298 e. The highest BCUT2D eigenvalue weighted by atomic mass is 35.5. The number of hydrogen-bond acceptors (Lipinski definition) is 4. The smallest absolute Gasteiger partial charge is 0.298 e. The van der Waals surface area contributed by atoms with E-state index in [2.05, 4.69) is 16.9 Å². The van der Waals surface area contributed by atoms with Crippen LogP contribution in [0.2, 0.25) is 5.02 Å². The van der Waals surface area contributed by atoms with Gasteiger partial charge in [-0.05, 0) is 37.1 Å². The summed E-state index contributed by atoms with van der Waals surface area (Å²) in [7, 11) is 3.22. The number of aryl methyl sites for hydroxylation is 1. The van der Waals surface area contributed by atoms with E-state index in [1.54, 1.807) is 39.5 Å². The minimum Gasteiger partial charge on any atom is -0.468 e. The summed E-state index contributed by atoms with van der Waals surface area (Å²) in [4.78, 5) is 9.08. The first-order chi connectivity index (χ1) is 12.5. The van der Waals surface area contributed by atoms with Crippen molar-refractivity contribution in [3.63, 3.8) is 0 Å². The summed E-state index contributed by atoms with van der Waals surface area (Å²) in [5.41, 5.74) is 3.06. The number of hydrogen-bond donors (Lipinski definition) is 0. The van der Waals surface area contributed by atoms with Crippen molar-refractivity contribution in [2.75, 3.05) is 20.8 Å². The Hall–Kier alpha value is -2.18. The molecule has 0 aliphatic rings. The summed E-state index contributed by atoms with van der Waals surface area (Å²) in [6.45, 7) is 4.25. The number of fused-ring (bicyclic) bond motifs is 1. The molecule has 7 heteroatoms. The molecule has 3 aromatic rings. The second-order valence-corrected chi connectivity index (χ2v) is 6.51. The number of nitrogens with zero attached hydrogens (tertiary/aromatic N) is 3. The molecule has 0 aliphatic carbocycles. The van der Waals surface area contributed by atoms with Crippen LogP contribution >= 0.6 is 11.6 Å². The molecular weight excluding hydrogens is 357 g/mol. The highest BCUT2D eigenvalue weighted by Crippen LogP contribution is 2.36. The molecule has 0 spiro atoms. The first-order valence-corrected chi connectivity index (χ1v) is 8.75. The lowest BCUT2D eigenvalue weighted by molar-refractivity contribution is 0.149. The number of ether oxygens (including phenoxy) is 2. The lowest BCUT2D eigenvalue weighted by Crippen LogP contribution is -2.15. The van der Waals surface area contributed by atoms with Gasteiger partial charge in [0.15, 0.2) is 5.65 Å². The fraction of sp³-hybridized carbons (Fsp3) is 0.368. The molecule has 0 amide bonds. The van der Waals surface area contributed by atoms with E-state index in [0.717, 1.165) is 6.42 Å². The maximum atomic E-state index is 14.1. The molecular formula is C19H21ClFN3O2. The lowest BCUT2D eigenvalue weighted by Gasteiger charge is -2.18. The summed E-state index contributed by atoms with van der Waals surface area (Å²) >= 11 is 6.38.